The van der Waals surface area contributed by atoms with Crippen LogP contribution in [0.25, 0.3) is 11.1 Å². The first-order chi connectivity index (χ1) is 17.2. The van der Waals surface area contributed by atoms with Crippen molar-refractivity contribution in [3.05, 3.63) is 78.1 Å². The number of sulfonamides is 1. The molecule has 1 aromatic heterocycles. The van der Waals surface area contributed by atoms with E-state index in [1.54, 1.807) is 25.4 Å². The molecule has 2 aromatic carbocycles. The highest BCUT2D eigenvalue weighted by Gasteiger charge is 2.38. The summed E-state index contributed by atoms with van der Waals surface area (Å²) < 4.78 is 35.4. The van der Waals surface area contributed by atoms with Crippen LogP contribution in [0.5, 0.6) is 5.75 Å². The molecule has 0 radical (unpaired) electrons. The first-order valence-electron chi connectivity index (χ1n) is 12.3. The van der Waals surface area contributed by atoms with Gasteiger partial charge in [-0.2, -0.15) is 4.31 Å². The second kappa shape index (κ2) is 11.1. The number of hydrogen-bond donors (Lipinski definition) is 1. The summed E-state index contributed by atoms with van der Waals surface area (Å²) in [6.07, 6.45) is 3.30. The number of aliphatic hydroxyl groups is 1. The number of rotatable bonds is 7. The number of nitrogens with zero attached hydrogens (tertiary/aromatic N) is 3. The smallest absolute Gasteiger partial charge is 0.247 e. The third-order valence-electron chi connectivity index (χ3n) is 6.82. The van der Waals surface area contributed by atoms with E-state index in [4.69, 9.17) is 4.74 Å². The average Bonchev–Trinajstić information content (AvgIpc) is 2.86. The number of aliphatic hydroxyl groups excluding tert-OH is 1. The summed E-state index contributed by atoms with van der Waals surface area (Å²) in [6.45, 7) is 7.12. The fourth-order valence-electron chi connectivity index (χ4n) is 4.68. The van der Waals surface area contributed by atoms with Gasteiger partial charge in [0.2, 0.25) is 10.0 Å². The molecule has 2 heterocycles. The summed E-state index contributed by atoms with van der Waals surface area (Å²) in [5.41, 5.74) is 4.18. The molecule has 0 bridgehead atoms. The zero-order valence-electron chi connectivity index (χ0n) is 21.3. The number of aryl methyl sites for hydroxylation is 1. The maximum absolute atomic E-state index is 13.7. The van der Waals surface area contributed by atoms with Crippen molar-refractivity contribution in [2.75, 3.05) is 26.7 Å². The number of ether oxygens (including phenoxy) is 1. The van der Waals surface area contributed by atoms with Gasteiger partial charge in [-0.3, -0.25) is 9.88 Å². The quantitative estimate of drug-likeness (QED) is 0.519. The molecule has 1 N–H and O–H groups in total. The third-order valence-corrected chi connectivity index (χ3v) is 8.84. The first kappa shape index (κ1) is 26.3. The summed E-state index contributed by atoms with van der Waals surface area (Å²) in [7, 11) is -1.84. The Morgan fingerprint density at radius 1 is 1.17 bits per heavy atom. The molecule has 3 aromatic rings. The predicted molar refractivity (Wildman–Crippen MR) is 141 cm³/mol. The molecule has 0 saturated heterocycles. The number of aromatic nitrogens is 1. The Labute approximate surface area is 214 Å². The van der Waals surface area contributed by atoms with Gasteiger partial charge in [0.15, 0.2) is 0 Å². The van der Waals surface area contributed by atoms with Gasteiger partial charge in [-0.05, 0) is 67.4 Å². The van der Waals surface area contributed by atoms with Gasteiger partial charge in [-0.1, -0.05) is 37.3 Å². The Kier molecular flexibility index (Phi) is 8.10. The van der Waals surface area contributed by atoms with Crippen LogP contribution in [0.1, 0.15) is 25.0 Å². The van der Waals surface area contributed by atoms with Crippen LogP contribution < -0.4 is 4.74 Å². The molecule has 36 heavy (non-hydrogen) atoms. The van der Waals surface area contributed by atoms with Gasteiger partial charge in [0.1, 0.15) is 16.7 Å². The summed E-state index contributed by atoms with van der Waals surface area (Å²) >= 11 is 0. The lowest BCUT2D eigenvalue weighted by molar-refractivity contribution is 0.0734. The van der Waals surface area contributed by atoms with E-state index in [9.17, 15) is 13.5 Å². The molecule has 7 nitrogen and oxygen atoms in total. The molecule has 0 saturated carbocycles. The highest BCUT2D eigenvalue weighted by atomic mass is 32.2. The van der Waals surface area contributed by atoms with E-state index < -0.39 is 16.1 Å². The van der Waals surface area contributed by atoms with Gasteiger partial charge < -0.3 is 9.84 Å². The van der Waals surface area contributed by atoms with Crippen molar-refractivity contribution < 1.29 is 18.3 Å². The Morgan fingerprint density at radius 3 is 2.58 bits per heavy atom. The lowest BCUT2D eigenvalue weighted by Crippen LogP contribution is -2.49. The molecule has 8 heteroatoms. The molecule has 1 aliphatic rings. The molecule has 0 unspecified atom stereocenters. The highest BCUT2D eigenvalue weighted by Crippen LogP contribution is 2.37. The summed E-state index contributed by atoms with van der Waals surface area (Å²) in [5, 5.41) is 9.86. The van der Waals surface area contributed by atoms with Crippen LogP contribution in [0.15, 0.2) is 71.9 Å². The number of fused-ring (bicyclic) bond motifs is 1. The van der Waals surface area contributed by atoms with Crippen LogP contribution in [0.4, 0.5) is 0 Å². The number of pyridine rings is 1. The number of benzene rings is 2. The van der Waals surface area contributed by atoms with Gasteiger partial charge >= 0.3 is 0 Å². The predicted octanol–water partition coefficient (Wildman–Crippen LogP) is 3.96. The van der Waals surface area contributed by atoms with Crippen LogP contribution in [0, 0.1) is 12.8 Å². The normalized spacial score (nSPS) is 20.7. The Hall–Kier alpha value is -2.78. The van der Waals surface area contributed by atoms with Crippen molar-refractivity contribution >= 4 is 10.0 Å². The molecule has 0 amide bonds. The van der Waals surface area contributed by atoms with Crippen molar-refractivity contribution in [1.82, 2.24) is 14.2 Å². The molecule has 192 valence electrons. The zero-order valence-corrected chi connectivity index (χ0v) is 22.1. The molecule has 0 aliphatic carbocycles. The van der Waals surface area contributed by atoms with Gasteiger partial charge in [0.25, 0.3) is 0 Å². The average molecular weight is 510 g/mol. The minimum atomic E-state index is -3.87. The Balaban J connectivity index is 1.74. The minimum Gasteiger partial charge on any atom is -0.487 e. The second-order valence-electron chi connectivity index (χ2n) is 9.77. The second-order valence-corrected chi connectivity index (χ2v) is 11.6. The van der Waals surface area contributed by atoms with Gasteiger partial charge in [-0.25, -0.2) is 8.42 Å². The molecular weight excluding hydrogens is 474 g/mol. The van der Waals surface area contributed by atoms with E-state index in [2.05, 4.69) is 9.88 Å². The van der Waals surface area contributed by atoms with E-state index in [1.807, 2.05) is 69.4 Å². The van der Waals surface area contributed by atoms with E-state index in [1.165, 1.54) is 4.31 Å². The van der Waals surface area contributed by atoms with Gasteiger partial charge in [-0.15, -0.1) is 0 Å². The lowest BCUT2D eigenvalue weighted by atomic mass is 10.00. The van der Waals surface area contributed by atoms with Crippen molar-refractivity contribution in [2.24, 2.45) is 5.92 Å². The molecule has 3 atom stereocenters. The SMILES string of the molecule is Cc1ccccc1-c1ccc2c(c1)O[C@H](CN(C)Cc1ccncc1)[C@@H](C)CN([C@@H](C)CO)S2(=O)=O. The zero-order chi connectivity index (χ0) is 25.9. The maximum Gasteiger partial charge on any atom is 0.247 e. The van der Waals surface area contributed by atoms with Crippen LogP contribution in [-0.2, 0) is 16.6 Å². The number of hydrogen-bond acceptors (Lipinski definition) is 6. The van der Waals surface area contributed by atoms with Gasteiger partial charge in [0, 0.05) is 44.0 Å². The van der Waals surface area contributed by atoms with Crippen LogP contribution in [-0.4, -0.2) is 66.6 Å². The fourth-order valence-corrected chi connectivity index (χ4v) is 6.51. The molecule has 4 rings (SSSR count). The maximum atomic E-state index is 13.7. The van der Waals surface area contributed by atoms with Crippen molar-refractivity contribution in [2.45, 2.75) is 44.4 Å². The van der Waals surface area contributed by atoms with E-state index in [0.29, 0.717) is 12.3 Å². The fraction of sp³-hybridized carbons (Fsp3) is 0.393. The lowest BCUT2D eigenvalue weighted by Gasteiger charge is -2.37. The Morgan fingerprint density at radius 2 is 1.89 bits per heavy atom. The summed E-state index contributed by atoms with van der Waals surface area (Å²) in [6, 6.07) is 16.7. The molecular formula is C28H35N3O4S. The van der Waals surface area contributed by atoms with E-state index >= 15 is 0 Å². The monoisotopic (exact) mass is 509 g/mol. The van der Waals surface area contributed by atoms with Gasteiger partial charge in [0.05, 0.1) is 6.61 Å². The molecule has 0 spiro atoms. The van der Waals surface area contributed by atoms with Crippen LogP contribution >= 0.6 is 0 Å². The summed E-state index contributed by atoms with van der Waals surface area (Å²) in [5.74, 6) is 0.240. The minimum absolute atomic E-state index is 0.107. The first-order valence-corrected chi connectivity index (χ1v) is 13.7. The highest BCUT2D eigenvalue weighted by molar-refractivity contribution is 7.89. The van der Waals surface area contributed by atoms with E-state index in [0.717, 1.165) is 28.8 Å². The summed E-state index contributed by atoms with van der Waals surface area (Å²) in [4.78, 5) is 6.40. The van der Waals surface area contributed by atoms with Crippen molar-refractivity contribution in [3.63, 3.8) is 0 Å². The Bertz CT molecular complexity index is 1280. The van der Waals surface area contributed by atoms with Crippen molar-refractivity contribution in [1.29, 1.82) is 0 Å². The number of likely N-dealkylation sites (N-methyl/N-ethyl adjacent to an activating group) is 1. The van der Waals surface area contributed by atoms with E-state index in [-0.39, 0.29) is 30.1 Å². The largest absolute Gasteiger partial charge is 0.487 e. The topological polar surface area (TPSA) is 83.0 Å². The van der Waals surface area contributed by atoms with Crippen LogP contribution in [0.3, 0.4) is 0 Å². The molecule has 0 fully saturated rings. The molecule has 1 aliphatic heterocycles. The van der Waals surface area contributed by atoms with Crippen molar-refractivity contribution in [3.8, 4) is 16.9 Å². The van der Waals surface area contributed by atoms with Crippen LogP contribution in [0.2, 0.25) is 0 Å². The standard InChI is InChI=1S/C28H35N3O4S/c1-20-7-5-6-8-25(20)24-9-10-28-26(15-24)35-27(18-30(4)17-23-11-13-29-14-12-23)21(2)16-31(22(3)19-32)36(28,33)34/h5-15,21-22,27,32H,16-19H2,1-4H3/t21-,22-,27+/m0/s1. The third kappa shape index (κ3) is 5.62.